The molecule has 7 nitrogen and oxygen atoms in total. The van der Waals surface area contributed by atoms with Crippen LogP contribution in [-0.4, -0.2) is 48.5 Å². The van der Waals surface area contributed by atoms with E-state index in [2.05, 4.69) is 9.97 Å². The predicted molar refractivity (Wildman–Crippen MR) is 104 cm³/mol. The average Bonchev–Trinajstić information content (AvgIpc) is 3.45. The van der Waals surface area contributed by atoms with Crippen LogP contribution in [0.1, 0.15) is 34.9 Å². The zero-order valence-electron chi connectivity index (χ0n) is 15.5. The number of ether oxygens (including phenoxy) is 1. The summed E-state index contributed by atoms with van der Waals surface area (Å²) in [5.41, 5.74) is 0.318. The minimum absolute atomic E-state index is 0.0313. The van der Waals surface area contributed by atoms with Gasteiger partial charge in [-0.25, -0.2) is 13.4 Å². The molecule has 1 aromatic heterocycles. The Hall–Kier alpha value is -2.74. The summed E-state index contributed by atoms with van der Waals surface area (Å²) in [7, 11) is -3.16. The number of para-hydroxylation sites is 1. The van der Waals surface area contributed by atoms with Gasteiger partial charge in [0.15, 0.2) is 9.84 Å². The van der Waals surface area contributed by atoms with Gasteiger partial charge < -0.3 is 9.64 Å². The highest BCUT2D eigenvalue weighted by Gasteiger charge is 2.33. The molecule has 1 aliphatic carbocycles. The minimum atomic E-state index is -3.16. The second kappa shape index (κ2) is 7.35. The molecule has 1 aromatic carbocycles. The highest BCUT2D eigenvalue weighted by atomic mass is 32.2. The lowest BCUT2D eigenvalue weighted by molar-refractivity contribution is 0.0565. The summed E-state index contributed by atoms with van der Waals surface area (Å²) in [6.45, 7) is 0.917. The fraction of sp³-hybridized carbons (Fsp3) is 0.350. The molecular formula is C20H21N3O4S. The molecule has 4 rings (SSSR count). The second-order valence-corrected chi connectivity index (χ2v) is 9.20. The maximum Gasteiger partial charge on any atom is 0.260 e. The van der Waals surface area contributed by atoms with Gasteiger partial charge in [-0.15, -0.1) is 0 Å². The van der Waals surface area contributed by atoms with Gasteiger partial charge in [-0.1, -0.05) is 24.3 Å². The molecule has 1 aliphatic heterocycles. The smallest absolute Gasteiger partial charge is 0.260 e. The van der Waals surface area contributed by atoms with Crippen LogP contribution >= 0.6 is 0 Å². The molecule has 0 spiro atoms. The third-order valence-corrected chi connectivity index (χ3v) is 5.35. The standard InChI is InChI=1S/C20H21N3O4S/c1-28(25,26)10-9-14-12-23(13-14)20(24)17-11-21-18(15-7-8-15)22-19(17)27-16-5-3-2-4-6-16/h2-6,9-11,14-15H,7-8,12-13H2,1H3/b10-9-. The summed E-state index contributed by atoms with van der Waals surface area (Å²) in [5, 5.41) is 1.19. The zero-order valence-corrected chi connectivity index (χ0v) is 16.3. The second-order valence-electron chi connectivity index (χ2n) is 7.26. The average molecular weight is 399 g/mol. The SMILES string of the molecule is CS(=O)(=O)/C=C\C1CN(C(=O)c2cnc(C3CC3)nc2Oc2ccccc2)C1. The number of benzene rings is 1. The van der Waals surface area contributed by atoms with Crippen molar-refractivity contribution in [2.45, 2.75) is 18.8 Å². The van der Waals surface area contributed by atoms with Gasteiger partial charge in [-0.05, 0) is 25.0 Å². The lowest BCUT2D eigenvalue weighted by Crippen LogP contribution is -2.49. The number of nitrogens with zero attached hydrogens (tertiary/aromatic N) is 3. The topological polar surface area (TPSA) is 89.5 Å². The fourth-order valence-electron chi connectivity index (χ4n) is 2.97. The van der Waals surface area contributed by atoms with Crippen LogP contribution in [0.4, 0.5) is 0 Å². The van der Waals surface area contributed by atoms with Crippen molar-refractivity contribution < 1.29 is 17.9 Å². The van der Waals surface area contributed by atoms with Crippen molar-refractivity contribution in [3.63, 3.8) is 0 Å². The van der Waals surface area contributed by atoms with E-state index in [1.165, 1.54) is 5.41 Å². The van der Waals surface area contributed by atoms with Crippen LogP contribution in [0.25, 0.3) is 0 Å². The molecule has 8 heteroatoms. The van der Waals surface area contributed by atoms with Gasteiger partial charge in [0.2, 0.25) is 5.88 Å². The number of sulfone groups is 1. The first-order chi connectivity index (χ1) is 13.4. The Morgan fingerprint density at radius 1 is 1.21 bits per heavy atom. The van der Waals surface area contributed by atoms with E-state index >= 15 is 0 Å². The van der Waals surface area contributed by atoms with E-state index in [0.717, 1.165) is 19.1 Å². The van der Waals surface area contributed by atoms with E-state index in [0.29, 0.717) is 36.1 Å². The molecule has 1 amide bonds. The summed E-state index contributed by atoms with van der Waals surface area (Å²) < 4.78 is 28.3. The summed E-state index contributed by atoms with van der Waals surface area (Å²) in [6.07, 6.45) is 6.43. The largest absolute Gasteiger partial charge is 0.438 e. The zero-order chi connectivity index (χ0) is 19.7. The fourth-order valence-corrected chi connectivity index (χ4v) is 3.47. The molecule has 146 valence electrons. The summed E-state index contributed by atoms with van der Waals surface area (Å²) in [4.78, 5) is 23.4. The van der Waals surface area contributed by atoms with Crippen LogP contribution < -0.4 is 4.74 Å². The van der Waals surface area contributed by atoms with Gasteiger partial charge in [0, 0.05) is 42.8 Å². The minimum Gasteiger partial charge on any atom is -0.438 e. The van der Waals surface area contributed by atoms with E-state index in [4.69, 9.17) is 4.74 Å². The first-order valence-corrected chi connectivity index (χ1v) is 11.1. The van der Waals surface area contributed by atoms with Crippen molar-refractivity contribution in [3.8, 4) is 11.6 Å². The first-order valence-electron chi connectivity index (χ1n) is 9.16. The van der Waals surface area contributed by atoms with E-state index in [1.54, 1.807) is 17.2 Å². The molecule has 0 radical (unpaired) electrons. The summed E-state index contributed by atoms with van der Waals surface area (Å²) >= 11 is 0. The maximum absolute atomic E-state index is 12.9. The van der Waals surface area contributed by atoms with E-state index < -0.39 is 9.84 Å². The summed E-state index contributed by atoms with van der Waals surface area (Å²) in [6, 6.07) is 9.21. The van der Waals surface area contributed by atoms with Gasteiger partial charge >= 0.3 is 0 Å². The quantitative estimate of drug-likeness (QED) is 0.742. The lowest BCUT2D eigenvalue weighted by atomic mass is 9.99. The van der Waals surface area contributed by atoms with Gasteiger partial charge in [0.05, 0.1) is 0 Å². The summed E-state index contributed by atoms with van der Waals surface area (Å²) in [5.74, 6) is 1.75. The molecule has 0 N–H and O–H groups in total. The molecule has 0 atom stereocenters. The normalized spacial score (nSPS) is 17.5. The van der Waals surface area contributed by atoms with E-state index in [-0.39, 0.29) is 17.7 Å². The Kier molecular flexibility index (Phi) is 4.89. The van der Waals surface area contributed by atoms with Gasteiger partial charge in [0.25, 0.3) is 5.91 Å². The number of amides is 1. The number of aromatic nitrogens is 2. The molecule has 2 heterocycles. The Labute approximate surface area is 164 Å². The maximum atomic E-state index is 12.9. The number of likely N-dealkylation sites (tertiary alicyclic amines) is 1. The van der Waals surface area contributed by atoms with Crippen molar-refractivity contribution in [2.24, 2.45) is 5.92 Å². The predicted octanol–water partition coefficient (Wildman–Crippen LogP) is 2.78. The van der Waals surface area contributed by atoms with Crippen molar-refractivity contribution in [3.05, 3.63) is 59.4 Å². The Morgan fingerprint density at radius 2 is 1.93 bits per heavy atom. The lowest BCUT2D eigenvalue weighted by Gasteiger charge is -2.37. The number of hydrogen-bond acceptors (Lipinski definition) is 6. The van der Waals surface area contributed by atoms with Crippen LogP contribution in [0, 0.1) is 5.92 Å². The molecule has 1 saturated carbocycles. The number of rotatable bonds is 6. The van der Waals surface area contributed by atoms with Crippen LogP contribution in [0.2, 0.25) is 0 Å². The Bertz CT molecular complexity index is 1010. The van der Waals surface area contributed by atoms with E-state index in [1.807, 2.05) is 30.3 Å². The molecule has 0 bridgehead atoms. The molecule has 1 saturated heterocycles. The van der Waals surface area contributed by atoms with Crippen LogP contribution in [-0.2, 0) is 9.84 Å². The van der Waals surface area contributed by atoms with Crippen molar-refractivity contribution >= 4 is 15.7 Å². The molecule has 2 fully saturated rings. The molecule has 2 aliphatic rings. The van der Waals surface area contributed by atoms with Gasteiger partial charge in [0.1, 0.15) is 17.1 Å². The number of carbonyl (C=O) groups excluding carboxylic acids is 1. The van der Waals surface area contributed by atoms with Crippen molar-refractivity contribution in [1.82, 2.24) is 14.9 Å². The molecule has 28 heavy (non-hydrogen) atoms. The molecule has 0 unspecified atom stereocenters. The van der Waals surface area contributed by atoms with Crippen LogP contribution in [0.3, 0.4) is 0 Å². The monoisotopic (exact) mass is 399 g/mol. The third kappa shape index (κ3) is 4.39. The number of carbonyl (C=O) groups is 1. The van der Waals surface area contributed by atoms with Crippen molar-refractivity contribution in [2.75, 3.05) is 19.3 Å². The number of hydrogen-bond donors (Lipinski definition) is 0. The Morgan fingerprint density at radius 3 is 2.57 bits per heavy atom. The molecular weight excluding hydrogens is 378 g/mol. The highest BCUT2D eigenvalue weighted by Crippen LogP contribution is 2.39. The van der Waals surface area contributed by atoms with Crippen LogP contribution in [0.15, 0.2) is 48.0 Å². The van der Waals surface area contributed by atoms with E-state index in [9.17, 15) is 13.2 Å². The molecule has 2 aromatic rings. The van der Waals surface area contributed by atoms with Crippen LogP contribution in [0.5, 0.6) is 11.6 Å². The Balaban J connectivity index is 1.52. The first kappa shape index (κ1) is 18.6. The third-order valence-electron chi connectivity index (χ3n) is 4.70. The van der Waals surface area contributed by atoms with Gasteiger partial charge in [-0.2, -0.15) is 4.98 Å². The van der Waals surface area contributed by atoms with Crippen molar-refractivity contribution in [1.29, 1.82) is 0 Å². The highest BCUT2D eigenvalue weighted by molar-refractivity contribution is 7.93. The van der Waals surface area contributed by atoms with Gasteiger partial charge in [-0.3, -0.25) is 4.79 Å².